The molecule has 8 heteroatoms. The molecule has 2 saturated heterocycles. The molecule has 1 atom stereocenters. The molecule has 6 nitrogen and oxygen atoms in total. The van der Waals surface area contributed by atoms with Gasteiger partial charge in [-0.3, -0.25) is 4.79 Å². The molecule has 3 heterocycles. The van der Waals surface area contributed by atoms with E-state index < -0.39 is 0 Å². The molecule has 0 spiro atoms. The first-order valence-corrected chi connectivity index (χ1v) is 12.1. The summed E-state index contributed by atoms with van der Waals surface area (Å²) in [5.74, 6) is 0.748. The molecule has 34 heavy (non-hydrogen) atoms. The van der Waals surface area contributed by atoms with Gasteiger partial charge in [0.1, 0.15) is 5.82 Å². The number of carbonyl (C=O) groups excluding carboxylic acids is 1. The molecule has 176 valence electrons. The zero-order chi connectivity index (χ0) is 23.5. The molecular weight excluding hydrogens is 453 g/mol. The lowest BCUT2D eigenvalue weighted by Crippen LogP contribution is -2.52. The number of hydrogen-bond donors (Lipinski definition) is 0. The number of hydrogen-bond acceptors (Lipinski definition) is 5. The van der Waals surface area contributed by atoms with Crippen LogP contribution in [-0.4, -0.2) is 60.3 Å². The van der Waals surface area contributed by atoms with Crippen molar-refractivity contribution in [2.45, 2.75) is 12.8 Å². The monoisotopic (exact) mass is 479 g/mol. The number of piperazine rings is 1. The van der Waals surface area contributed by atoms with Crippen LogP contribution in [-0.2, 0) is 4.79 Å². The molecule has 0 radical (unpaired) electrons. The van der Waals surface area contributed by atoms with Crippen molar-refractivity contribution in [1.29, 1.82) is 0 Å². The second kappa shape index (κ2) is 9.97. The Morgan fingerprint density at radius 1 is 0.853 bits per heavy atom. The summed E-state index contributed by atoms with van der Waals surface area (Å²) in [6.45, 7) is 4.41. The molecule has 5 rings (SSSR count). The largest absolute Gasteiger partial charge is 0.368 e. The Kier molecular flexibility index (Phi) is 6.63. The van der Waals surface area contributed by atoms with Crippen LogP contribution in [0.5, 0.6) is 0 Å². The van der Waals surface area contributed by atoms with Crippen molar-refractivity contribution in [2.24, 2.45) is 5.92 Å². The fourth-order valence-corrected chi connectivity index (χ4v) is 4.88. The lowest BCUT2D eigenvalue weighted by Gasteiger charge is -2.40. The SMILES string of the molecule is O=C([C@@H]1CCCN(c2ccc(-c3ccc(Cl)cc3)nn2)C1)N1CCN(c2ccc(F)cc2)CC1. The van der Waals surface area contributed by atoms with Crippen LogP contribution < -0.4 is 9.80 Å². The van der Waals surface area contributed by atoms with E-state index in [0.29, 0.717) is 24.7 Å². The number of rotatable bonds is 4. The van der Waals surface area contributed by atoms with E-state index in [0.717, 1.165) is 55.2 Å². The topological polar surface area (TPSA) is 52.6 Å². The van der Waals surface area contributed by atoms with E-state index in [9.17, 15) is 9.18 Å². The maximum absolute atomic E-state index is 13.3. The summed E-state index contributed by atoms with van der Waals surface area (Å²) in [7, 11) is 0. The van der Waals surface area contributed by atoms with Gasteiger partial charge in [-0.1, -0.05) is 23.7 Å². The molecule has 0 N–H and O–H groups in total. The van der Waals surface area contributed by atoms with Crippen LogP contribution in [0, 0.1) is 11.7 Å². The van der Waals surface area contributed by atoms with Gasteiger partial charge in [-0.25, -0.2) is 4.39 Å². The van der Waals surface area contributed by atoms with Crippen LogP contribution >= 0.6 is 11.6 Å². The van der Waals surface area contributed by atoms with Crippen molar-refractivity contribution in [1.82, 2.24) is 15.1 Å². The highest BCUT2D eigenvalue weighted by atomic mass is 35.5. The van der Waals surface area contributed by atoms with Gasteiger partial charge in [0.15, 0.2) is 5.82 Å². The van der Waals surface area contributed by atoms with E-state index in [-0.39, 0.29) is 17.6 Å². The van der Waals surface area contributed by atoms with Gasteiger partial charge in [0.25, 0.3) is 0 Å². The average molecular weight is 480 g/mol. The van der Waals surface area contributed by atoms with Crippen LogP contribution in [0.1, 0.15) is 12.8 Å². The smallest absolute Gasteiger partial charge is 0.227 e. The first kappa shape index (κ1) is 22.6. The number of nitrogens with zero attached hydrogens (tertiary/aromatic N) is 5. The van der Waals surface area contributed by atoms with E-state index >= 15 is 0 Å². The van der Waals surface area contributed by atoms with E-state index in [1.807, 2.05) is 41.3 Å². The molecule has 2 aliphatic heterocycles. The van der Waals surface area contributed by atoms with Gasteiger partial charge in [-0.2, -0.15) is 0 Å². The number of benzene rings is 2. The summed E-state index contributed by atoms with van der Waals surface area (Å²) in [6.07, 6.45) is 1.84. The number of anilines is 2. The molecule has 0 saturated carbocycles. The van der Waals surface area contributed by atoms with Gasteiger partial charge in [-0.05, 0) is 61.4 Å². The van der Waals surface area contributed by atoms with Crippen molar-refractivity contribution in [3.63, 3.8) is 0 Å². The van der Waals surface area contributed by atoms with Crippen LogP contribution in [0.2, 0.25) is 5.02 Å². The number of piperidine rings is 1. The Balaban J connectivity index is 1.18. The molecule has 2 fully saturated rings. The molecule has 2 aliphatic rings. The Hall–Kier alpha value is -3.19. The summed E-state index contributed by atoms with van der Waals surface area (Å²) in [6, 6.07) is 18.0. The third-order valence-electron chi connectivity index (χ3n) is 6.67. The first-order chi connectivity index (χ1) is 16.6. The maximum atomic E-state index is 13.3. The molecule has 1 amide bonds. The van der Waals surface area contributed by atoms with Crippen LogP contribution in [0.25, 0.3) is 11.3 Å². The Bertz CT molecular complexity index is 1120. The fraction of sp³-hybridized carbons (Fsp3) is 0.346. The summed E-state index contributed by atoms with van der Waals surface area (Å²) in [4.78, 5) is 19.6. The lowest BCUT2D eigenvalue weighted by atomic mass is 9.96. The maximum Gasteiger partial charge on any atom is 0.227 e. The average Bonchev–Trinajstić information content (AvgIpc) is 2.89. The zero-order valence-electron chi connectivity index (χ0n) is 18.9. The Labute approximate surface area is 204 Å². The van der Waals surface area contributed by atoms with Crippen molar-refractivity contribution in [2.75, 3.05) is 49.1 Å². The first-order valence-electron chi connectivity index (χ1n) is 11.7. The molecule has 2 aromatic carbocycles. The Morgan fingerprint density at radius 3 is 2.26 bits per heavy atom. The fourth-order valence-electron chi connectivity index (χ4n) is 4.75. The van der Waals surface area contributed by atoms with Gasteiger partial charge >= 0.3 is 0 Å². The normalized spacial score (nSPS) is 18.8. The predicted octanol–water partition coefficient (Wildman–Crippen LogP) is 4.50. The highest BCUT2D eigenvalue weighted by Gasteiger charge is 2.31. The summed E-state index contributed by atoms with van der Waals surface area (Å²) in [5.41, 5.74) is 2.76. The third-order valence-corrected chi connectivity index (χ3v) is 6.92. The second-order valence-corrected chi connectivity index (χ2v) is 9.29. The van der Waals surface area contributed by atoms with Gasteiger partial charge in [0, 0.05) is 55.5 Å². The molecule has 0 unspecified atom stereocenters. The minimum absolute atomic E-state index is 0.0381. The molecular formula is C26H27ClFN5O. The highest BCUT2D eigenvalue weighted by molar-refractivity contribution is 6.30. The highest BCUT2D eigenvalue weighted by Crippen LogP contribution is 2.26. The van der Waals surface area contributed by atoms with Gasteiger partial charge in [0.2, 0.25) is 5.91 Å². The second-order valence-electron chi connectivity index (χ2n) is 8.86. The van der Waals surface area contributed by atoms with Gasteiger partial charge < -0.3 is 14.7 Å². The van der Waals surface area contributed by atoms with E-state index in [1.54, 1.807) is 12.1 Å². The zero-order valence-corrected chi connectivity index (χ0v) is 19.7. The minimum atomic E-state index is -0.233. The number of amides is 1. The van der Waals surface area contributed by atoms with E-state index in [4.69, 9.17) is 11.6 Å². The Morgan fingerprint density at radius 2 is 1.59 bits per heavy atom. The number of halogens is 2. The standard InChI is InChI=1S/C26H27ClFN5O/c27-21-5-3-19(4-6-21)24-11-12-25(30-29-24)33-13-1-2-20(18-33)26(34)32-16-14-31(15-17-32)23-9-7-22(28)8-10-23/h3-12,20H,1-2,13-18H2/t20-/m1/s1. The van der Waals surface area contributed by atoms with Crippen LogP contribution in [0.3, 0.4) is 0 Å². The molecule has 3 aromatic rings. The van der Waals surface area contributed by atoms with Gasteiger partial charge in [0.05, 0.1) is 11.6 Å². The van der Waals surface area contributed by atoms with Gasteiger partial charge in [-0.15, -0.1) is 10.2 Å². The molecule has 0 bridgehead atoms. The van der Waals surface area contributed by atoms with Crippen molar-refractivity contribution in [3.8, 4) is 11.3 Å². The summed E-state index contributed by atoms with van der Waals surface area (Å²) >= 11 is 5.97. The summed E-state index contributed by atoms with van der Waals surface area (Å²) in [5, 5.41) is 9.53. The van der Waals surface area contributed by atoms with E-state index in [1.165, 1.54) is 12.1 Å². The van der Waals surface area contributed by atoms with Crippen molar-refractivity contribution >= 4 is 29.0 Å². The lowest BCUT2D eigenvalue weighted by molar-refractivity contribution is -0.136. The quantitative estimate of drug-likeness (QED) is 0.551. The van der Waals surface area contributed by atoms with Crippen LogP contribution in [0.4, 0.5) is 15.9 Å². The molecule has 0 aliphatic carbocycles. The third kappa shape index (κ3) is 4.99. The number of carbonyl (C=O) groups is 1. The van der Waals surface area contributed by atoms with Crippen molar-refractivity contribution in [3.05, 3.63) is 71.5 Å². The van der Waals surface area contributed by atoms with Crippen molar-refractivity contribution < 1.29 is 9.18 Å². The number of aromatic nitrogens is 2. The van der Waals surface area contributed by atoms with E-state index in [2.05, 4.69) is 20.0 Å². The van der Waals surface area contributed by atoms with Crippen LogP contribution in [0.15, 0.2) is 60.7 Å². The predicted molar refractivity (Wildman–Crippen MR) is 133 cm³/mol. The minimum Gasteiger partial charge on any atom is -0.368 e. The summed E-state index contributed by atoms with van der Waals surface area (Å²) < 4.78 is 13.2. The molecule has 1 aromatic heterocycles.